The molecule has 53 heavy (non-hydrogen) atoms. The average molecular weight is 672 g/mol. The summed E-state index contributed by atoms with van der Waals surface area (Å²) >= 11 is 0. The van der Waals surface area contributed by atoms with Gasteiger partial charge in [-0.2, -0.15) is 0 Å². The summed E-state index contributed by atoms with van der Waals surface area (Å²) in [5.74, 6) is 0. The zero-order valence-corrected chi connectivity index (χ0v) is 29.0. The summed E-state index contributed by atoms with van der Waals surface area (Å²) < 4.78 is 0. The van der Waals surface area contributed by atoms with Crippen LogP contribution in [0.15, 0.2) is 194 Å². The van der Waals surface area contributed by atoms with Crippen molar-refractivity contribution in [1.29, 1.82) is 0 Å². The maximum atomic E-state index is 3.71. The van der Waals surface area contributed by atoms with Crippen molar-refractivity contribution in [2.24, 2.45) is 0 Å². The van der Waals surface area contributed by atoms with Crippen molar-refractivity contribution in [3.63, 3.8) is 0 Å². The van der Waals surface area contributed by atoms with Gasteiger partial charge in [-0.05, 0) is 100 Å². The highest BCUT2D eigenvalue weighted by Gasteiger charge is 2.18. The maximum absolute atomic E-state index is 3.71. The molecule has 10 aromatic carbocycles. The molecule has 0 aliphatic rings. The van der Waals surface area contributed by atoms with Gasteiger partial charge < -0.3 is 4.98 Å². The molecule has 0 fully saturated rings. The lowest BCUT2D eigenvalue weighted by Gasteiger charge is -2.18. The molecular weight excluding hydrogens is 639 g/mol. The van der Waals surface area contributed by atoms with Crippen LogP contribution in [0.2, 0.25) is 0 Å². The molecule has 0 amide bonds. The predicted molar refractivity (Wildman–Crippen MR) is 228 cm³/mol. The van der Waals surface area contributed by atoms with Gasteiger partial charge in [-0.15, -0.1) is 0 Å². The number of fused-ring (bicyclic) bond motifs is 8. The zero-order chi connectivity index (χ0) is 34.9. The highest BCUT2D eigenvalue weighted by molar-refractivity contribution is 6.22. The molecule has 246 valence electrons. The fraction of sp³-hybridized carbons (Fsp3) is 0. The Kier molecular flexibility index (Phi) is 6.62. The van der Waals surface area contributed by atoms with E-state index in [0.717, 1.165) is 5.52 Å². The Hall–Kier alpha value is -6.96. The van der Waals surface area contributed by atoms with Crippen LogP contribution >= 0.6 is 0 Å². The molecule has 1 nitrogen and oxygen atoms in total. The second-order valence-corrected chi connectivity index (χ2v) is 14.1. The van der Waals surface area contributed by atoms with Gasteiger partial charge in [0, 0.05) is 21.7 Å². The van der Waals surface area contributed by atoms with Crippen molar-refractivity contribution in [2.75, 3.05) is 0 Å². The highest BCUT2D eigenvalue weighted by atomic mass is 14.7. The van der Waals surface area contributed by atoms with Crippen molar-refractivity contribution in [3.05, 3.63) is 194 Å². The lowest BCUT2D eigenvalue weighted by molar-refractivity contribution is 1.56. The average Bonchev–Trinajstić information content (AvgIpc) is 3.61. The first-order valence-corrected chi connectivity index (χ1v) is 18.3. The monoisotopic (exact) mass is 671 g/mol. The van der Waals surface area contributed by atoms with Crippen molar-refractivity contribution in [3.8, 4) is 44.5 Å². The number of nitrogens with one attached hydrogen (secondary N) is 1. The molecule has 1 heteroatoms. The largest absolute Gasteiger partial charge is 0.354 e. The fourth-order valence-corrected chi connectivity index (χ4v) is 8.72. The fourth-order valence-electron chi connectivity index (χ4n) is 8.72. The minimum Gasteiger partial charge on any atom is -0.354 e. The number of benzene rings is 10. The molecule has 0 saturated carbocycles. The molecule has 0 unspecified atom stereocenters. The smallest absolute Gasteiger partial charge is 0.0544 e. The number of aromatic nitrogens is 1. The molecule has 0 bridgehead atoms. The normalized spacial score (nSPS) is 11.8. The minimum atomic E-state index is 1.16. The van der Waals surface area contributed by atoms with Crippen molar-refractivity contribution in [2.45, 2.75) is 0 Å². The van der Waals surface area contributed by atoms with Gasteiger partial charge in [0.05, 0.1) is 5.52 Å². The van der Waals surface area contributed by atoms with E-state index in [1.54, 1.807) is 0 Å². The van der Waals surface area contributed by atoms with Crippen LogP contribution in [0.25, 0.3) is 109 Å². The molecule has 0 saturated heterocycles. The van der Waals surface area contributed by atoms with E-state index in [4.69, 9.17) is 0 Å². The summed E-state index contributed by atoms with van der Waals surface area (Å²) in [6, 6.07) is 71.3. The second-order valence-electron chi connectivity index (χ2n) is 14.1. The van der Waals surface area contributed by atoms with E-state index in [0.29, 0.717) is 0 Å². The van der Waals surface area contributed by atoms with Crippen LogP contribution in [0.4, 0.5) is 0 Å². The second kappa shape index (κ2) is 11.8. The van der Waals surface area contributed by atoms with E-state index in [1.165, 1.54) is 104 Å². The SMILES string of the molecule is c1cc(-c2ccc3[nH]c4c5ccccc5ccc4c3c2)cc(-c2c3ccccc3c(-c3ccc(-c4cccc5ccccc45)cc3)c3ccccc23)c1. The Balaban J connectivity index is 1.06. The lowest BCUT2D eigenvalue weighted by Crippen LogP contribution is -1.91. The molecule has 1 heterocycles. The molecule has 11 rings (SSSR count). The molecule has 0 aliphatic heterocycles. The molecule has 1 aromatic heterocycles. The third-order valence-corrected chi connectivity index (χ3v) is 11.2. The molecule has 0 spiro atoms. The standard InChI is InChI=1S/C52H33N/c1-3-16-40-33(11-1)13-10-22-41(40)35-23-25-36(26-24-35)50-43-18-5-7-20-45(43)51(46-21-8-6-19-44(46)50)39-15-9-14-37(31-39)38-28-30-49-48(32-38)47-29-27-34-12-2-4-17-42(34)52(47)53-49/h1-32,53H. The third-order valence-electron chi connectivity index (χ3n) is 11.2. The summed E-state index contributed by atoms with van der Waals surface area (Å²) in [6.07, 6.45) is 0. The summed E-state index contributed by atoms with van der Waals surface area (Å²) in [5.41, 5.74) is 12.3. The van der Waals surface area contributed by atoms with E-state index >= 15 is 0 Å². The highest BCUT2D eigenvalue weighted by Crippen LogP contribution is 2.45. The van der Waals surface area contributed by atoms with Crippen LogP contribution in [0, 0.1) is 0 Å². The number of hydrogen-bond donors (Lipinski definition) is 1. The van der Waals surface area contributed by atoms with Crippen molar-refractivity contribution < 1.29 is 0 Å². The van der Waals surface area contributed by atoms with Crippen LogP contribution in [0.3, 0.4) is 0 Å². The molecule has 0 aliphatic carbocycles. The summed E-state index contributed by atoms with van der Waals surface area (Å²) in [7, 11) is 0. The lowest BCUT2D eigenvalue weighted by atomic mass is 9.85. The maximum Gasteiger partial charge on any atom is 0.0544 e. The van der Waals surface area contributed by atoms with Gasteiger partial charge in [-0.1, -0.05) is 176 Å². The Morgan fingerprint density at radius 2 is 0.774 bits per heavy atom. The van der Waals surface area contributed by atoms with Crippen molar-refractivity contribution >= 4 is 64.9 Å². The minimum absolute atomic E-state index is 1.16. The van der Waals surface area contributed by atoms with E-state index in [1.807, 2.05) is 0 Å². The molecule has 11 aromatic rings. The summed E-state index contributed by atoms with van der Waals surface area (Å²) in [6.45, 7) is 0. The van der Waals surface area contributed by atoms with Crippen molar-refractivity contribution in [1.82, 2.24) is 4.98 Å². The van der Waals surface area contributed by atoms with Crippen LogP contribution in [-0.4, -0.2) is 4.98 Å². The predicted octanol–water partition coefficient (Wildman–Crippen LogP) is 14.6. The first-order valence-electron chi connectivity index (χ1n) is 18.3. The topological polar surface area (TPSA) is 15.8 Å². The Bertz CT molecular complexity index is 3150. The number of H-pyrrole nitrogens is 1. The Labute approximate surface area is 307 Å². The summed E-state index contributed by atoms with van der Waals surface area (Å²) in [5, 5.41) is 12.6. The molecule has 1 N–H and O–H groups in total. The third kappa shape index (κ3) is 4.71. The van der Waals surface area contributed by atoms with Gasteiger partial charge in [0.15, 0.2) is 0 Å². The number of rotatable bonds is 4. The van der Waals surface area contributed by atoms with Crippen LogP contribution in [-0.2, 0) is 0 Å². The van der Waals surface area contributed by atoms with E-state index in [9.17, 15) is 0 Å². The molecular formula is C52H33N. The van der Waals surface area contributed by atoms with Crippen LogP contribution in [0.1, 0.15) is 0 Å². The number of hydrogen-bond acceptors (Lipinski definition) is 0. The van der Waals surface area contributed by atoms with Gasteiger partial charge in [-0.3, -0.25) is 0 Å². The zero-order valence-electron chi connectivity index (χ0n) is 29.0. The van der Waals surface area contributed by atoms with Gasteiger partial charge in [-0.25, -0.2) is 0 Å². The van der Waals surface area contributed by atoms with Crippen LogP contribution in [0.5, 0.6) is 0 Å². The first-order chi connectivity index (χ1) is 26.3. The van der Waals surface area contributed by atoms with Gasteiger partial charge >= 0.3 is 0 Å². The van der Waals surface area contributed by atoms with E-state index < -0.39 is 0 Å². The molecule has 0 atom stereocenters. The van der Waals surface area contributed by atoms with E-state index in [2.05, 4.69) is 199 Å². The number of aromatic amines is 1. The summed E-state index contributed by atoms with van der Waals surface area (Å²) in [4.78, 5) is 3.71. The van der Waals surface area contributed by atoms with Gasteiger partial charge in [0.1, 0.15) is 0 Å². The Morgan fingerprint density at radius 1 is 0.264 bits per heavy atom. The van der Waals surface area contributed by atoms with E-state index in [-0.39, 0.29) is 0 Å². The van der Waals surface area contributed by atoms with Gasteiger partial charge in [0.25, 0.3) is 0 Å². The van der Waals surface area contributed by atoms with Crippen LogP contribution < -0.4 is 0 Å². The van der Waals surface area contributed by atoms with Gasteiger partial charge in [0.2, 0.25) is 0 Å². The first kappa shape index (κ1) is 29.7. The Morgan fingerprint density at radius 3 is 1.49 bits per heavy atom. The quantitative estimate of drug-likeness (QED) is 0.179. The molecule has 0 radical (unpaired) electrons.